The second kappa shape index (κ2) is 14.7. The van der Waals surface area contributed by atoms with Crippen molar-refractivity contribution in [3.8, 4) is 0 Å². The quantitative estimate of drug-likeness (QED) is 0.0698. The summed E-state index contributed by atoms with van der Waals surface area (Å²) in [5.41, 5.74) is 2.24. The minimum Gasteiger partial charge on any atom is -0.325 e. The summed E-state index contributed by atoms with van der Waals surface area (Å²) in [6.07, 6.45) is 1.45. The highest BCUT2D eigenvalue weighted by Gasteiger charge is 2.19. The fourth-order valence-electron chi connectivity index (χ4n) is 3.94. The lowest BCUT2D eigenvalue weighted by Gasteiger charge is -2.14. The number of nitro groups is 1. The number of nitro benzene ring substituents is 1. The molecule has 9 nitrogen and oxygen atoms in total. The van der Waals surface area contributed by atoms with Crippen LogP contribution in [0, 0.1) is 17.0 Å². The average Bonchev–Trinajstić information content (AvgIpc) is 3.01. The van der Waals surface area contributed by atoms with Crippen LogP contribution in [0.1, 0.15) is 28.4 Å². The summed E-state index contributed by atoms with van der Waals surface area (Å²) in [4.78, 5) is 50.2. The van der Waals surface area contributed by atoms with Crippen LogP contribution >= 0.6 is 35.0 Å². The Bertz CT molecular complexity index is 1750. The number of carbonyl (C=O) groups excluding carboxylic acids is 3. The Morgan fingerprint density at radius 3 is 2.27 bits per heavy atom. The number of rotatable bonds is 10. The first-order chi connectivity index (χ1) is 21.0. The zero-order valence-corrected chi connectivity index (χ0v) is 25.8. The van der Waals surface area contributed by atoms with Gasteiger partial charge in [0.25, 0.3) is 17.5 Å². The summed E-state index contributed by atoms with van der Waals surface area (Å²) >= 11 is 13.8. The molecule has 0 aliphatic carbocycles. The van der Waals surface area contributed by atoms with Gasteiger partial charge in [0.15, 0.2) is 0 Å². The van der Waals surface area contributed by atoms with Crippen LogP contribution < -0.4 is 16.0 Å². The molecule has 4 aromatic carbocycles. The highest BCUT2D eigenvalue weighted by Crippen LogP contribution is 2.29. The molecule has 0 fully saturated rings. The summed E-state index contributed by atoms with van der Waals surface area (Å²) < 4.78 is 0. The predicted octanol–water partition coefficient (Wildman–Crippen LogP) is 7.74. The summed E-state index contributed by atoms with van der Waals surface area (Å²) in [5.74, 6) is -1.34. The topological polar surface area (TPSA) is 130 Å². The van der Waals surface area contributed by atoms with Crippen molar-refractivity contribution >= 4 is 75.8 Å². The largest absolute Gasteiger partial charge is 0.325 e. The third-order valence-corrected chi connectivity index (χ3v) is 8.23. The fourth-order valence-corrected chi connectivity index (χ4v) is 5.17. The van der Waals surface area contributed by atoms with Gasteiger partial charge in [0.2, 0.25) is 5.91 Å². The van der Waals surface area contributed by atoms with Crippen molar-refractivity contribution in [1.82, 2.24) is 5.32 Å². The van der Waals surface area contributed by atoms with Crippen molar-refractivity contribution < 1.29 is 19.3 Å². The number of aryl methyl sites for hydroxylation is 1. The van der Waals surface area contributed by atoms with E-state index in [1.54, 1.807) is 86.6 Å². The van der Waals surface area contributed by atoms with Crippen LogP contribution in [0.4, 0.5) is 17.1 Å². The summed E-state index contributed by atoms with van der Waals surface area (Å²) in [5, 5.41) is 19.2. The lowest BCUT2D eigenvalue weighted by molar-refractivity contribution is -0.384. The van der Waals surface area contributed by atoms with Crippen LogP contribution in [0.5, 0.6) is 0 Å². The first-order valence-corrected chi connectivity index (χ1v) is 14.8. The number of nitrogens with zero attached hydrogens (tertiary/aromatic N) is 1. The molecule has 3 amide bonds. The van der Waals surface area contributed by atoms with Crippen LogP contribution in [-0.4, -0.2) is 27.9 Å². The molecule has 0 saturated carbocycles. The molecule has 1 atom stereocenters. The third-order valence-electron chi connectivity index (χ3n) is 6.28. The zero-order chi connectivity index (χ0) is 31.8. The van der Waals surface area contributed by atoms with E-state index in [0.717, 1.165) is 4.90 Å². The van der Waals surface area contributed by atoms with E-state index in [4.69, 9.17) is 23.2 Å². The van der Waals surface area contributed by atoms with E-state index in [0.29, 0.717) is 33.1 Å². The fraction of sp³-hybridized carbons (Fsp3) is 0.0938. The Labute approximate surface area is 267 Å². The summed E-state index contributed by atoms with van der Waals surface area (Å²) in [6.45, 7) is 3.43. The second-order valence-electron chi connectivity index (χ2n) is 9.51. The predicted molar refractivity (Wildman–Crippen MR) is 175 cm³/mol. The van der Waals surface area contributed by atoms with Gasteiger partial charge in [-0.2, -0.15) is 0 Å². The average molecular weight is 650 g/mol. The minimum absolute atomic E-state index is 0.0479. The van der Waals surface area contributed by atoms with Crippen molar-refractivity contribution in [2.24, 2.45) is 0 Å². The van der Waals surface area contributed by atoms with Gasteiger partial charge in [0.1, 0.15) is 5.70 Å². The van der Waals surface area contributed by atoms with Crippen LogP contribution in [0.3, 0.4) is 0 Å². The van der Waals surface area contributed by atoms with Gasteiger partial charge < -0.3 is 16.0 Å². The third kappa shape index (κ3) is 8.47. The molecular formula is C32H26Cl2N4O5S. The molecule has 0 radical (unpaired) electrons. The first kappa shape index (κ1) is 32.3. The van der Waals surface area contributed by atoms with Gasteiger partial charge in [-0.05, 0) is 79.6 Å². The number of carbonyl (C=O) groups is 3. The van der Waals surface area contributed by atoms with Gasteiger partial charge in [-0.1, -0.05) is 53.5 Å². The van der Waals surface area contributed by atoms with Crippen molar-refractivity contribution in [2.45, 2.75) is 24.0 Å². The zero-order valence-electron chi connectivity index (χ0n) is 23.5. The van der Waals surface area contributed by atoms with Crippen molar-refractivity contribution in [3.05, 3.63) is 134 Å². The van der Waals surface area contributed by atoms with Crippen LogP contribution in [0.2, 0.25) is 10.0 Å². The number of halogens is 2. The first-order valence-electron chi connectivity index (χ1n) is 13.2. The number of nitrogens with one attached hydrogen (secondary N) is 3. The number of benzene rings is 4. The van der Waals surface area contributed by atoms with Crippen molar-refractivity contribution in [3.63, 3.8) is 0 Å². The van der Waals surface area contributed by atoms with Crippen LogP contribution in [-0.2, 0) is 9.59 Å². The molecule has 0 aliphatic rings. The van der Waals surface area contributed by atoms with E-state index in [1.165, 1.54) is 36.0 Å². The van der Waals surface area contributed by atoms with Gasteiger partial charge >= 0.3 is 0 Å². The molecule has 12 heteroatoms. The highest BCUT2D eigenvalue weighted by molar-refractivity contribution is 8.00. The molecule has 0 aliphatic heterocycles. The molecule has 1 unspecified atom stereocenters. The van der Waals surface area contributed by atoms with Gasteiger partial charge in [-0.25, -0.2) is 0 Å². The summed E-state index contributed by atoms with van der Waals surface area (Å²) in [6, 6.07) is 24.5. The van der Waals surface area contributed by atoms with Gasteiger partial charge in [0.05, 0.1) is 20.2 Å². The SMILES string of the molecule is Cc1cc([N+](=O)[O-])ccc1NC(=O)C(C)Sc1ccc(NC(=O)/C(=C/c2cccc(Cl)c2Cl)NC(=O)c2ccccc2)cc1. The van der Waals surface area contributed by atoms with E-state index in [-0.39, 0.29) is 22.3 Å². The van der Waals surface area contributed by atoms with E-state index in [2.05, 4.69) is 16.0 Å². The Balaban J connectivity index is 1.44. The molecule has 4 rings (SSSR count). The maximum Gasteiger partial charge on any atom is 0.272 e. The maximum absolute atomic E-state index is 13.3. The molecule has 0 aromatic heterocycles. The molecule has 0 bridgehead atoms. The number of amides is 3. The molecule has 3 N–H and O–H groups in total. The number of anilines is 2. The van der Waals surface area contributed by atoms with Gasteiger partial charge in [-0.15, -0.1) is 11.8 Å². The number of non-ortho nitro benzene ring substituents is 1. The van der Waals surface area contributed by atoms with Crippen molar-refractivity contribution in [2.75, 3.05) is 10.6 Å². The lowest BCUT2D eigenvalue weighted by Crippen LogP contribution is -2.30. The Kier molecular flexibility index (Phi) is 10.8. The van der Waals surface area contributed by atoms with Gasteiger partial charge in [-0.3, -0.25) is 24.5 Å². The molecule has 44 heavy (non-hydrogen) atoms. The molecule has 224 valence electrons. The second-order valence-corrected chi connectivity index (χ2v) is 11.7. The number of hydrogen-bond acceptors (Lipinski definition) is 6. The standard InChI is InChI=1S/C32H26Cl2N4O5S/c1-19-17-24(38(42)43)13-16-27(19)36-30(39)20(2)44-25-14-11-23(12-15-25)35-32(41)28(18-22-9-6-10-26(33)29(22)34)37-31(40)21-7-4-3-5-8-21/h3-18,20H,1-2H3,(H,35,41)(H,36,39)(H,37,40)/b28-18-. The van der Waals surface area contributed by atoms with Crippen molar-refractivity contribution in [1.29, 1.82) is 0 Å². The smallest absolute Gasteiger partial charge is 0.272 e. The lowest BCUT2D eigenvalue weighted by atomic mass is 10.1. The Morgan fingerprint density at radius 2 is 1.61 bits per heavy atom. The van der Waals surface area contributed by atoms with E-state index in [9.17, 15) is 24.5 Å². The van der Waals surface area contributed by atoms with Gasteiger partial charge in [0, 0.05) is 34.0 Å². The monoisotopic (exact) mass is 648 g/mol. The molecule has 4 aromatic rings. The van der Waals surface area contributed by atoms with Crippen LogP contribution in [0.15, 0.2) is 102 Å². The number of hydrogen-bond donors (Lipinski definition) is 3. The number of thioether (sulfide) groups is 1. The van der Waals surface area contributed by atoms with E-state index < -0.39 is 22.0 Å². The maximum atomic E-state index is 13.3. The highest BCUT2D eigenvalue weighted by atomic mass is 35.5. The Morgan fingerprint density at radius 1 is 0.909 bits per heavy atom. The van der Waals surface area contributed by atoms with E-state index >= 15 is 0 Å². The molecular weight excluding hydrogens is 623 g/mol. The van der Waals surface area contributed by atoms with Crippen LogP contribution in [0.25, 0.3) is 6.08 Å². The molecule has 0 spiro atoms. The Hall–Kier alpha value is -4.64. The molecule has 0 saturated heterocycles. The van der Waals surface area contributed by atoms with E-state index in [1.807, 2.05) is 0 Å². The summed E-state index contributed by atoms with van der Waals surface area (Å²) in [7, 11) is 0. The normalized spacial score (nSPS) is 11.8. The molecule has 0 heterocycles. The minimum atomic E-state index is -0.586.